The van der Waals surface area contributed by atoms with Crippen molar-refractivity contribution in [2.75, 3.05) is 33.3 Å². The number of amides is 1. The largest absolute Gasteiger partial charge is 0.491 e. The number of aryl methyl sites for hydroxylation is 1. The summed E-state index contributed by atoms with van der Waals surface area (Å²) < 4.78 is 5.80. The van der Waals surface area contributed by atoms with Gasteiger partial charge in [0.1, 0.15) is 12.4 Å². The van der Waals surface area contributed by atoms with Crippen molar-refractivity contribution in [1.82, 2.24) is 16.0 Å². The second-order valence-corrected chi connectivity index (χ2v) is 6.33. The lowest BCUT2D eigenvalue weighted by Crippen LogP contribution is -2.39. The smallest absolute Gasteiger partial charge is 0.251 e. The Balaban J connectivity index is 1.81. The van der Waals surface area contributed by atoms with Crippen LogP contribution in [0, 0.1) is 6.92 Å². The number of hydrogen-bond donors (Lipinski definition) is 3. The molecule has 0 saturated heterocycles. The number of nitrogens with zero attached hydrogens (tertiary/aromatic N) is 1. The van der Waals surface area contributed by atoms with Crippen LogP contribution in [-0.2, 0) is 6.42 Å². The predicted molar refractivity (Wildman–Crippen MR) is 114 cm³/mol. The molecule has 0 bridgehead atoms. The third-order valence-corrected chi connectivity index (χ3v) is 4.18. The minimum Gasteiger partial charge on any atom is -0.491 e. The van der Waals surface area contributed by atoms with Crippen LogP contribution in [0.5, 0.6) is 5.75 Å². The number of nitrogens with one attached hydrogen (secondary N) is 3. The van der Waals surface area contributed by atoms with Gasteiger partial charge >= 0.3 is 0 Å². The van der Waals surface area contributed by atoms with Crippen LogP contribution >= 0.6 is 0 Å². The quantitative estimate of drug-likeness (QED) is 0.354. The van der Waals surface area contributed by atoms with Gasteiger partial charge in [-0.05, 0) is 49.6 Å². The highest BCUT2D eigenvalue weighted by molar-refractivity contribution is 5.94. The van der Waals surface area contributed by atoms with E-state index < -0.39 is 0 Å². The molecule has 3 N–H and O–H groups in total. The lowest BCUT2D eigenvalue weighted by Gasteiger charge is -2.13. The van der Waals surface area contributed by atoms with Crippen molar-refractivity contribution in [3.63, 3.8) is 0 Å². The molecule has 0 heterocycles. The zero-order valence-electron chi connectivity index (χ0n) is 16.9. The summed E-state index contributed by atoms with van der Waals surface area (Å²) in [5.41, 5.74) is 2.88. The molecular formula is C22H30N4O2. The maximum atomic E-state index is 11.7. The molecule has 0 atom stereocenters. The van der Waals surface area contributed by atoms with E-state index in [1.165, 1.54) is 0 Å². The Kier molecular flexibility index (Phi) is 8.85. The Hall–Kier alpha value is -3.02. The minimum absolute atomic E-state index is 0.0750. The maximum absolute atomic E-state index is 11.7. The molecule has 6 nitrogen and oxygen atoms in total. The summed E-state index contributed by atoms with van der Waals surface area (Å²) in [6.45, 7) is 6.71. The second-order valence-electron chi connectivity index (χ2n) is 6.33. The molecule has 0 fully saturated rings. The molecule has 2 rings (SSSR count). The Morgan fingerprint density at radius 3 is 2.68 bits per heavy atom. The van der Waals surface area contributed by atoms with Gasteiger partial charge in [-0.1, -0.05) is 30.3 Å². The average molecular weight is 383 g/mol. The van der Waals surface area contributed by atoms with Crippen molar-refractivity contribution in [2.45, 2.75) is 20.3 Å². The van der Waals surface area contributed by atoms with Gasteiger partial charge in [0.25, 0.3) is 5.91 Å². The zero-order valence-corrected chi connectivity index (χ0v) is 16.9. The van der Waals surface area contributed by atoms with Crippen LogP contribution in [0.15, 0.2) is 53.5 Å². The van der Waals surface area contributed by atoms with Crippen molar-refractivity contribution in [1.29, 1.82) is 0 Å². The van der Waals surface area contributed by atoms with Crippen molar-refractivity contribution in [2.24, 2.45) is 4.99 Å². The van der Waals surface area contributed by atoms with Crippen LogP contribution in [0.25, 0.3) is 0 Å². The molecule has 6 heteroatoms. The van der Waals surface area contributed by atoms with Crippen molar-refractivity contribution < 1.29 is 9.53 Å². The summed E-state index contributed by atoms with van der Waals surface area (Å²) in [7, 11) is 1.64. The highest BCUT2D eigenvalue weighted by atomic mass is 16.5. The molecule has 0 aromatic heterocycles. The minimum atomic E-state index is -0.0750. The van der Waals surface area contributed by atoms with Gasteiger partial charge in [-0.2, -0.15) is 0 Å². The molecule has 2 aromatic rings. The molecule has 0 saturated carbocycles. The highest BCUT2D eigenvalue weighted by Gasteiger charge is 2.04. The molecular weight excluding hydrogens is 352 g/mol. The van der Waals surface area contributed by atoms with Crippen LogP contribution in [0.3, 0.4) is 0 Å². The van der Waals surface area contributed by atoms with E-state index in [0.717, 1.165) is 35.8 Å². The molecule has 0 unspecified atom stereocenters. The van der Waals surface area contributed by atoms with Crippen LogP contribution < -0.4 is 20.7 Å². The van der Waals surface area contributed by atoms with E-state index in [4.69, 9.17) is 4.74 Å². The number of para-hydroxylation sites is 1. The van der Waals surface area contributed by atoms with Crippen molar-refractivity contribution in [3.8, 4) is 5.75 Å². The summed E-state index contributed by atoms with van der Waals surface area (Å²) in [6, 6.07) is 15.6. The fourth-order valence-corrected chi connectivity index (χ4v) is 2.70. The Labute approximate surface area is 167 Å². The number of benzene rings is 2. The summed E-state index contributed by atoms with van der Waals surface area (Å²) in [4.78, 5) is 16.3. The van der Waals surface area contributed by atoms with E-state index in [2.05, 4.69) is 20.9 Å². The molecule has 1 amide bonds. The first kappa shape index (κ1) is 21.3. The summed E-state index contributed by atoms with van der Waals surface area (Å²) >= 11 is 0. The van der Waals surface area contributed by atoms with Crippen molar-refractivity contribution >= 4 is 11.9 Å². The van der Waals surface area contributed by atoms with Crippen LogP contribution in [0.4, 0.5) is 0 Å². The maximum Gasteiger partial charge on any atom is 0.251 e. The van der Waals surface area contributed by atoms with Gasteiger partial charge in [-0.25, -0.2) is 0 Å². The zero-order chi connectivity index (χ0) is 20.2. The molecule has 0 aliphatic carbocycles. The Morgan fingerprint density at radius 1 is 1.11 bits per heavy atom. The number of carbonyl (C=O) groups excluding carboxylic acids is 1. The lowest BCUT2D eigenvalue weighted by molar-refractivity contribution is 0.0963. The van der Waals surface area contributed by atoms with Gasteiger partial charge < -0.3 is 20.7 Å². The second kappa shape index (κ2) is 11.6. The molecule has 28 heavy (non-hydrogen) atoms. The third-order valence-electron chi connectivity index (χ3n) is 4.18. The Morgan fingerprint density at radius 2 is 1.93 bits per heavy atom. The van der Waals surface area contributed by atoms with E-state index >= 15 is 0 Å². The molecule has 150 valence electrons. The fourth-order valence-electron chi connectivity index (χ4n) is 2.70. The average Bonchev–Trinajstić information content (AvgIpc) is 2.72. The fraction of sp³-hybridized carbons (Fsp3) is 0.364. The monoisotopic (exact) mass is 382 g/mol. The van der Waals surface area contributed by atoms with Gasteiger partial charge in [-0.3, -0.25) is 9.79 Å². The molecule has 0 aliphatic rings. The van der Waals surface area contributed by atoms with E-state index in [-0.39, 0.29) is 5.91 Å². The van der Waals surface area contributed by atoms with E-state index in [9.17, 15) is 4.79 Å². The Bertz CT molecular complexity index is 790. The number of hydrogen-bond acceptors (Lipinski definition) is 3. The summed E-state index contributed by atoms with van der Waals surface area (Å²) in [5, 5.41) is 9.17. The number of guanidine groups is 1. The van der Waals surface area contributed by atoms with E-state index in [0.29, 0.717) is 25.3 Å². The number of carbonyl (C=O) groups is 1. The van der Waals surface area contributed by atoms with Crippen LogP contribution in [-0.4, -0.2) is 45.2 Å². The number of ether oxygens (including phenoxy) is 1. The van der Waals surface area contributed by atoms with Crippen LogP contribution in [0.2, 0.25) is 0 Å². The van der Waals surface area contributed by atoms with Gasteiger partial charge in [0.2, 0.25) is 0 Å². The van der Waals surface area contributed by atoms with Gasteiger partial charge in [0.05, 0.1) is 6.54 Å². The summed E-state index contributed by atoms with van der Waals surface area (Å²) in [6.07, 6.45) is 0.765. The molecule has 0 aliphatic heterocycles. The number of rotatable bonds is 9. The topological polar surface area (TPSA) is 74.8 Å². The lowest BCUT2D eigenvalue weighted by atomic mass is 10.1. The van der Waals surface area contributed by atoms with E-state index in [1.54, 1.807) is 7.05 Å². The van der Waals surface area contributed by atoms with Gasteiger partial charge in [0.15, 0.2) is 5.96 Å². The first-order valence-electron chi connectivity index (χ1n) is 9.65. The molecule has 2 aromatic carbocycles. The highest BCUT2D eigenvalue weighted by Crippen LogP contribution is 2.15. The van der Waals surface area contributed by atoms with Crippen LogP contribution in [0.1, 0.15) is 28.4 Å². The normalized spacial score (nSPS) is 11.0. The summed E-state index contributed by atoms with van der Waals surface area (Å²) in [5.74, 6) is 1.59. The first-order chi connectivity index (χ1) is 13.6. The third kappa shape index (κ3) is 6.95. The molecule has 0 radical (unpaired) electrons. The molecule has 0 spiro atoms. The first-order valence-corrected chi connectivity index (χ1v) is 9.65. The van der Waals surface area contributed by atoms with E-state index in [1.807, 2.05) is 62.4 Å². The standard InChI is InChI=1S/C22H30N4O2/c1-4-24-22(26-14-15-28-20-11-6-5-8-17(20)2)25-13-12-18-9-7-10-19(16-18)21(27)23-3/h5-11,16H,4,12-15H2,1-3H3,(H,23,27)(H2,24,25,26). The SMILES string of the molecule is CCNC(=NCCc1cccc(C(=O)NC)c1)NCCOc1ccccc1C. The van der Waals surface area contributed by atoms with Crippen molar-refractivity contribution in [3.05, 3.63) is 65.2 Å². The van der Waals surface area contributed by atoms with Gasteiger partial charge in [-0.15, -0.1) is 0 Å². The predicted octanol–water partition coefficient (Wildman–Crippen LogP) is 2.53. The van der Waals surface area contributed by atoms with Gasteiger partial charge in [0, 0.05) is 25.7 Å². The number of aliphatic imine (C=N–C) groups is 1.